The summed E-state index contributed by atoms with van der Waals surface area (Å²) in [6, 6.07) is 5.66. The molecule has 16 heavy (non-hydrogen) atoms. The standard InChI is InChI=1S/C12H17NO2S/c1-4-11(13(14)15)8-16-12-9(2)6-5-7-10(12)3/h5-7,11H,4,8H2,1-3H3. The fraction of sp³-hybridized carbons (Fsp3) is 0.500. The predicted molar refractivity (Wildman–Crippen MR) is 67.7 cm³/mol. The molecule has 0 fully saturated rings. The van der Waals surface area contributed by atoms with Crippen LogP contribution in [0.1, 0.15) is 24.5 Å². The van der Waals surface area contributed by atoms with Crippen molar-refractivity contribution in [2.75, 3.05) is 5.75 Å². The number of nitrogens with zero attached hydrogens (tertiary/aromatic N) is 1. The molecule has 1 unspecified atom stereocenters. The van der Waals surface area contributed by atoms with Crippen LogP contribution < -0.4 is 0 Å². The molecule has 0 bridgehead atoms. The summed E-state index contributed by atoms with van der Waals surface area (Å²) in [6.07, 6.45) is 0.588. The molecule has 0 amide bonds. The van der Waals surface area contributed by atoms with E-state index in [9.17, 15) is 10.1 Å². The van der Waals surface area contributed by atoms with Gasteiger partial charge in [-0.05, 0) is 25.0 Å². The lowest BCUT2D eigenvalue weighted by atomic mass is 10.2. The normalized spacial score (nSPS) is 12.4. The SMILES string of the molecule is CCC(CSc1c(C)cccc1C)[N+](=O)[O-]. The molecule has 88 valence electrons. The van der Waals surface area contributed by atoms with Crippen LogP contribution in [0.2, 0.25) is 0 Å². The number of thioether (sulfide) groups is 1. The van der Waals surface area contributed by atoms with E-state index in [1.165, 1.54) is 16.0 Å². The van der Waals surface area contributed by atoms with Gasteiger partial charge in [0.2, 0.25) is 6.04 Å². The van der Waals surface area contributed by atoms with Gasteiger partial charge in [-0.1, -0.05) is 25.1 Å². The van der Waals surface area contributed by atoms with Gasteiger partial charge in [-0.15, -0.1) is 11.8 Å². The number of hydrogen-bond donors (Lipinski definition) is 0. The zero-order valence-electron chi connectivity index (χ0n) is 9.90. The molecule has 0 heterocycles. The van der Waals surface area contributed by atoms with Gasteiger partial charge in [-0.3, -0.25) is 10.1 Å². The van der Waals surface area contributed by atoms with Gasteiger partial charge in [-0.2, -0.15) is 0 Å². The highest BCUT2D eigenvalue weighted by Crippen LogP contribution is 2.27. The molecule has 4 heteroatoms. The fourth-order valence-electron chi connectivity index (χ4n) is 1.53. The minimum absolute atomic E-state index is 0.180. The zero-order valence-corrected chi connectivity index (χ0v) is 10.7. The highest BCUT2D eigenvalue weighted by Gasteiger charge is 2.18. The Labute approximate surface area is 100 Å². The van der Waals surface area contributed by atoms with E-state index in [0.717, 1.165) is 0 Å². The Morgan fingerprint density at radius 1 is 1.38 bits per heavy atom. The molecule has 0 saturated carbocycles. The quantitative estimate of drug-likeness (QED) is 0.449. The summed E-state index contributed by atoms with van der Waals surface area (Å²) in [5.74, 6) is 0.551. The highest BCUT2D eigenvalue weighted by molar-refractivity contribution is 7.99. The van der Waals surface area contributed by atoms with Crippen LogP contribution in [-0.4, -0.2) is 16.7 Å². The minimum Gasteiger partial charge on any atom is -0.264 e. The van der Waals surface area contributed by atoms with Crippen LogP contribution in [-0.2, 0) is 0 Å². The van der Waals surface area contributed by atoms with Crippen LogP contribution in [0.15, 0.2) is 23.1 Å². The Hall–Kier alpha value is -1.03. The smallest absolute Gasteiger partial charge is 0.222 e. The molecule has 0 aliphatic rings. The van der Waals surface area contributed by atoms with E-state index >= 15 is 0 Å². The van der Waals surface area contributed by atoms with Crippen molar-refractivity contribution in [1.29, 1.82) is 0 Å². The minimum atomic E-state index is -0.441. The van der Waals surface area contributed by atoms with Crippen molar-refractivity contribution in [2.45, 2.75) is 38.1 Å². The molecule has 1 aromatic rings. The van der Waals surface area contributed by atoms with Crippen molar-refractivity contribution >= 4 is 11.8 Å². The molecule has 3 nitrogen and oxygen atoms in total. The average Bonchev–Trinajstić information content (AvgIpc) is 2.22. The number of hydrogen-bond acceptors (Lipinski definition) is 3. The average molecular weight is 239 g/mol. The van der Waals surface area contributed by atoms with Gasteiger partial charge in [0.05, 0.1) is 5.75 Å². The Bertz CT molecular complexity index is 359. The fourth-order valence-corrected chi connectivity index (χ4v) is 2.84. The summed E-state index contributed by atoms with van der Waals surface area (Å²) in [7, 11) is 0. The van der Waals surface area contributed by atoms with Gasteiger partial charge < -0.3 is 0 Å². The molecule has 1 atom stereocenters. The predicted octanol–water partition coefficient (Wildman–Crippen LogP) is 3.45. The molecule has 1 aromatic carbocycles. The van der Waals surface area contributed by atoms with Gasteiger partial charge in [0.15, 0.2) is 0 Å². The highest BCUT2D eigenvalue weighted by atomic mass is 32.2. The second kappa shape index (κ2) is 5.89. The summed E-state index contributed by atoms with van der Waals surface area (Å²) in [5, 5.41) is 10.7. The number of aryl methyl sites for hydroxylation is 2. The number of rotatable bonds is 5. The first kappa shape index (κ1) is 13.0. The number of benzene rings is 1. The van der Waals surface area contributed by atoms with Crippen molar-refractivity contribution in [1.82, 2.24) is 0 Å². The van der Waals surface area contributed by atoms with Crippen LogP contribution in [0.5, 0.6) is 0 Å². The zero-order chi connectivity index (χ0) is 12.1. The lowest BCUT2D eigenvalue weighted by Gasteiger charge is -2.10. The monoisotopic (exact) mass is 239 g/mol. The molecular weight excluding hydrogens is 222 g/mol. The lowest BCUT2D eigenvalue weighted by molar-refractivity contribution is -0.516. The van der Waals surface area contributed by atoms with Crippen molar-refractivity contribution in [3.63, 3.8) is 0 Å². The first-order valence-corrected chi connectivity index (χ1v) is 6.37. The first-order valence-electron chi connectivity index (χ1n) is 5.38. The number of nitro groups is 1. The molecule has 0 saturated heterocycles. The summed E-state index contributed by atoms with van der Waals surface area (Å²) in [6.45, 7) is 5.95. The van der Waals surface area contributed by atoms with Gasteiger partial charge in [0.25, 0.3) is 0 Å². The van der Waals surface area contributed by atoms with Crippen molar-refractivity contribution in [3.8, 4) is 0 Å². The Morgan fingerprint density at radius 2 is 1.94 bits per heavy atom. The Balaban J connectivity index is 2.70. The van der Waals surface area contributed by atoms with E-state index < -0.39 is 6.04 Å². The lowest BCUT2D eigenvalue weighted by Crippen LogP contribution is -2.21. The third-order valence-electron chi connectivity index (χ3n) is 2.60. The molecule has 0 aromatic heterocycles. The third kappa shape index (κ3) is 3.23. The topological polar surface area (TPSA) is 43.1 Å². The molecule has 0 aliphatic heterocycles. The van der Waals surface area contributed by atoms with Crippen molar-refractivity contribution in [2.24, 2.45) is 0 Å². The molecule has 0 radical (unpaired) electrons. The van der Waals surface area contributed by atoms with E-state index in [2.05, 4.69) is 0 Å². The molecule has 0 spiro atoms. The second-order valence-electron chi connectivity index (χ2n) is 3.88. The molecule has 1 rings (SSSR count). The van der Waals surface area contributed by atoms with Crippen molar-refractivity contribution in [3.05, 3.63) is 39.4 Å². The summed E-state index contributed by atoms with van der Waals surface area (Å²) in [4.78, 5) is 11.7. The van der Waals surface area contributed by atoms with E-state index in [1.807, 2.05) is 39.0 Å². The third-order valence-corrected chi connectivity index (χ3v) is 4.08. The van der Waals surface area contributed by atoms with Crippen LogP contribution >= 0.6 is 11.8 Å². The van der Waals surface area contributed by atoms with E-state index in [1.54, 1.807) is 11.8 Å². The first-order chi connectivity index (χ1) is 7.56. The Morgan fingerprint density at radius 3 is 2.38 bits per heavy atom. The van der Waals surface area contributed by atoms with Gasteiger partial charge in [-0.25, -0.2) is 0 Å². The van der Waals surface area contributed by atoms with Crippen LogP contribution in [0.25, 0.3) is 0 Å². The summed E-state index contributed by atoms with van der Waals surface area (Å²) in [5.41, 5.74) is 2.39. The van der Waals surface area contributed by atoms with Gasteiger partial charge in [0, 0.05) is 16.2 Å². The summed E-state index contributed by atoms with van der Waals surface area (Å²) >= 11 is 1.59. The molecule has 0 aliphatic carbocycles. The van der Waals surface area contributed by atoms with Gasteiger partial charge in [0.1, 0.15) is 0 Å². The van der Waals surface area contributed by atoms with Crippen molar-refractivity contribution < 1.29 is 4.92 Å². The molecular formula is C12H17NO2S. The summed E-state index contributed by atoms with van der Waals surface area (Å²) < 4.78 is 0. The Kier molecular flexibility index (Phi) is 4.80. The van der Waals surface area contributed by atoms with E-state index in [4.69, 9.17) is 0 Å². The van der Waals surface area contributed by atoms with Gasteiger partial charge >= 0.3 is 0 Å². The van der Waals surface area contributed by atoms with Crippen LogP contribution in [0.4, 0.5) is 0 Å². The van der Waals surface area contributed by atoms with Crippen LogP contribution in [0, 0.1) is 24.0 Å². The largest absolute Gasteiger partial charge is 0.264 e. The maximum Gasteiger partial charge on any atom is 0.222 e. The molecule has 0 N–H and O–H groups in total. The maximum absolute atomic E-state index is 10.7. The second-order valence-corrected chi connectivity index (χ2v) is 4.91. The maximum atomic E-state index is 10.7. The van der Waals surface area contributed by atoms with E-state index in [-0.39, 0.29) is 4.92 Å². The van der Waals surface area contributed by atoms with E-state index in [0.29, 0.717) is 12.2 Å². The van der Waals surface area contributed by atoms with Crippen LogP contribution in [0.3, 0.4) is 0 Å².